The predicted molar refractivity (Wildman–Crippen MR) is 123 cm³/mol. The Hall–Kier alpha value is -3.08. The van der Waals surface area contributed by atoms with Crippen molar-refractivity contribution in [1.82, 2.24) is 4.72 Å². The Morgan fingerprint density at radius 2 is 1.24 bits per heavy atom. The second-order valence-corrected chi connectivity index (χ2v) is 8.36. The molecule has 0 saturated carbocycles. The summed E-state index contributed by atoms with van der Waals surface area (Å²) in [5, 5.41) is 25.8. The zero-order valence-electron chi connectivity index (χ0n) is 19.0. The van der Waals surface area contributed by atoms with Gasteiger partial charge in [-0.25, -0.2) is 4.72 Å². The van der Waals surface area contributed by atoms with E-state index in [4.69, 9.17) is 15.3 Å². The summed E-state index contributed by atoms with van der Waals surface area (Å²) < 4.78 is 22.9. The molecule has 0 spiro atoms. The van der Waals surface area contributed by atoms with Crippen molar-refractivity contribution in [1.29, 1.82) is 0 Å². The van der Waals surface area contributed by atoms with E-state index in [2.05, 4.69) is 4.72 Å². The molecule has 0 bridgehead atoms. The predicted octanol–water partition coefficient (Wildman–Crippen LogP) is 2.94. The fraction of sp³-hybridized carbons (Fsp3) is 0.348. The van der Waals surface area contributed by atoms with Crippen LogP contribution in [0.5, 0.6) is 0 Å². The second-order valence-electron chi connectivity index (χ2n) is 7.60. The van der Waals surface area contributed by atoms with Crippen molar-refractivity contribution in [3.8, 4) is 0 Å². The molecule has 0 amide bonds. The van der Waals surface area contributed by atoms with E-state index in [1.54, 1.807) is 51.1 Å². The fourth-order valence-corrected chi connectivity index (χ4v) is 2.70. The van der Waals surface area contributed by atoms with Gasteiger partial charge < -0.3 is 19.9 Å². The zero-order chi connectivity index (χ0) is 25.7. The lowest BCUT2D eigenvalue weighted by molar-refractivity contribution is -0.143. The minimum Gasteiger partial charge on any atom is -0.760 e. The van der Waals surface area contributed by atoms with Crippen LogP contribution in [-0.4, -0.2) is 48.5 Å². The number of nitrogens with one attached hydrogen (secondary N) is 1. The molecule has 2 rings (SSSR count). The van der Waals surface area contributed by atoms with Gasteiger partial charge in [-0.3, -0.25) is 18.6 Å². The second kappa shape index (κ2) is 14.1. The van der Waals surface area contributed by atoms with Gasteiger partial charge in [0.05, 0.1) is 5.41 Å². The molecular weight excluding hydrogens is 450 g/mol. The largest absolute Gasteiger partial charge is 0.760 e. The van der Waals surface area contributed by atoms with E-state index in [9.17, 15) is 23.1 Å². The summed E-state index contributed by atoms with van der Waals surface area (Å²) in [6, 6.07) is 17.7. The van der Waals surface area contributed by atoms with Gasteiger partial charge >= 0.3 is 17.9 Å². The third-order valence-electron chi connectivity index (χ3n) is 4.76. The molecule has 182 valence electrons. The highest BCUT2D eigenvalue weighted by Gasteiger charge is 2.34. The molecule has 0 aliphatic rings. The Morgan fingerprint density at radius 3 is 1.55 bits per heavy atom. The highest BCUT2D eigenvalue weighted by molar-refractivity contribution is 7.77. The summed E-state index contributed by atoms with van der Waals surface area (Å²) >= 11 is -2.47. The molecule has 33 heavy (non-hydrogen) atoms. The van der Waals surface area contributed by atoms with Gasteiger partial charge in [-0.1, -0.05) is 67.6 Å². The Bertz CT molecular complexity index is 919. The van der Waals surface area contributed by atoms with Crippen LogP contribution in [0.15, 0.2) is 60.7 Å². The molecule has 2 unspecified atom stereocenters. The van der Waals surface area contributed by atoms with Crippen LogP contribution in [0, 0.1) is 0 Å². The number of carbonyl (C=O) groups is 3. The molecule has 2 atom stereocenters. The maximum Gasteiger partial charge on any atom is 0.315 e. The van der Waals surface area contributed by atoms with E-state index < -0.39 is 40.0 Å². The summed E-state index contributed by atoms with van der Waals surface area (Å²) in [4.78, 5) is 31.4. The lowest BCUT2D eigenvalue weighted by atomic mass is 9.83. The van der Waals surface area contributed by atoms with E-state index in [0.717, 1.165) is 5.56 Å². The first-order valence-electron chi connectivity index (χ1n) is 9.91. The van der Waals surface area contributed by atoms with Crippen LogP contribution in [-0.2, 0) is 36.5 Å². The van der Waals surface area contributed by atoms with E-state index in [1.807, 2.05) is 30.3 Å². The Labute approximate surface area is 195 Å². The van der Waals surface area contributed by atoms with E-state index >= 15 is 0 Å². The number of rotatable bonds is 8. The third kappa shape index (κ3) is 10.4. The first kappa shape index (κ1) is 29.9. The number of carboxylic acid groups (broad SMARTS) is 3. The third-order valence-corrected chi connectivity index (χ3v) is 5.14. The van der Waals surface area contributed by atoms with Crippen LogP contribution in [0.3, 0.4) is 0 Å². The first-order valence-corrected chi connectivity index (χ1v) is 11.0. The van der Waals surface area contributed by atoms with Crippen molar-refractivity contribution in [2.45, 2.75) is 44.9 Å². The zero-order valence-corrected chi connectivity index (χ0v) is 19.8. The smallest absolute Gasteiger partial charge is 0.315 e. The fourth-order valence-electron chi connectivity index (χ4n) is 2.29. The molecule has 0 radical (unpaired) electrons. The van der Waals surface area contributed by atoms with Crippen LogP contribution < -0.4 is 4.72 Å². The highest BCUT2D eigenvalue weighted by atomic mass is 32.2. The van der Waals surface area contributed by atoms with Gasteiger partial charge in [0, 0.05) is 24.2 Å². The van der Waals surface area contributed by atoms with Crippen LogP contribution in [0.25, 0.3) is 0 Å². The number of hydrogen-bond donors (Lipinski definition) is 4. The maximum absolute atomic E-state index is 11.2. The van der Waals surface area contributed by atoms with Crippen molar-refractivity contribution in [3.63, 3.8) is 0 Å². The molecule has 0 heterocycles. The molecule has 0 fully saturated rings. The Kier molecular flexibility index (Phi) is 12.8. The van der Waals surface area contributed by atoms with Gasteiger partial charge in [-0.2, -0.15) is 0 Å². The van der Waals surface area contributed by atoms with Crippen molar-refractivity contribution >= 4 is 29.2 Å². The summed E-state index contributed by atoms with van der Waals surface area (Å²) in [6.45, 7) is 6.30. The van der Waals surface area contributed by atoms with Crippen molar-refractivity contribution in [2.75, 3.05) is 6.54 Å². The van der Waals surface area contributed by atoms with E-state index in [-0.39, 0.29) is 13.0 Å². The highest BCUT2D eigenvalue weighted by Crippen LogP contribution is 2.23. The Balaban J connectivity index is 0.000000530. The van der Waals surface area contributed by atoms with Crippen molar-refractivity contribution < 1.29 is 38.5 Å². The van der Waals surface area contributed by atoms with Crippen LogP contribution in [0.4, 0.5) is 0 Å². The standard InChI is InChI=1S/C10H13NO4S.C10H12O2.C3H6O2/c1-10(9(12)13,7-11-16(14)15)8-5-3-2-4-6-8;1-10(2,9(11)12)8-6-4-3-5-7-8;1-2-3(4)5/h2-6,11H,7H2,1H3,(H,12,13)(H,14,15);3-7H,1-2H3,(H,11,12);2H2,1H3,(H,4,5)/p-1. The molecule has 0 aliphatic carbocycles. The monoisotopic (exact) mass is 480 g/mol. The SMILES string of the molecule is CC(C)(C(=O)O)c1ccccc1.CC(CNS(=O)[O-])(C(=O)O)c1ccccc1.CCC(=O)O. The lowest BCUT2D eigenvalue weighted by Crippen LogP contribution is -2.42. The topological polar surface area (TPSA) is 164 Å². The van der Waals surface area contributed by atoms with Crippen LogP contribution in [0.2, 0.25) is 0 Å². The summed E-state index contributed by atoms with van der Waals surface area (Å²) in [5.74, 6) is -2.62. The molecular formula is C23H30NO8S-. The minimum atomic E-state index is -2.47. The van der Waals surface area contributed by atoms with Crippen molar-refractivity contribution in [2.24, 2.45) is 0 Å². The van der Waals surface area contributed by atoms with Crippen LogP contribution >= 0.6 is 0 Å². The van der Waals surface area contributed by atoms with E-state index in [1.165, 1.54) is 6.92 Å². The summed E-state index contributed by atoms with van der Waals surface area (Å²) in [5.41, 5.74) is -0.666. The molecule has 2 aromatic rings. The number of benzene rings is 2. The number of hydrogen-bond acceptors (Lipinski definition) is 5. The van der Waals surface area contributed by atoms with Gasteiger partial charge in [0.2, 0.25) is 0 Å². The molecule has 0 aliphatic heterocycles. The number of carboxylic acids is 3. The van der Waals surface area contributed by atoms with Gasteiger partial charge in [-0.05, 0) is 31.9 Å². The quantitative estimate of drug-likeness (QED) is 0.419. The maximum atomic E-state index is 11.2. The minimum absolute atomic E-state index is 0.178. The molecule has 4 N–H and O–H groups in total. The van der Waals surface area contributed by atoms with Gasteiger partial charge in [0.1, 0.15) is 5.41 Å². The molecule has 0 saturated heterocycles. The van der Waals surface area contributed by atoms with Gasteiger partial charge in [0.25, 0.3) is 0 Å². The summed E-state index contributed by atoms with van der Waals surface area (Å²) in [6.07, 6.45) is 0.222. The summed E-state index contributed by atoms with van der Waals surface area (Å²) in [7, 11) is 0. The number of aliphatic carboxylic acids is 3. The average molecular weight is 481 g/mol. The molecule has 9 nitrogen and oxygen atoms in total. The molecule has 2 aromatic carbocycles. The first-order chi connectivity index (χ1) is 15.3. The molecule has 0 aromatic heterocycles. The average Bonchev–Trinajstić information content (AvgIpc) is 2.79. The Morgan fingerprint density at radius 1 is 0.848 bits per heavy atom. The van der Waals surface area contributed by atoms with Crippen LogP contribution in [0.1, 0.15) is 45.2 Å². The lowest BCUT2D eigenvalue weighted by Gasteiger charge is -2.26. The molecule has 10 heteroatoms. The van der Waals surface area contributed by atoms with Gasteiger partial charge in [0.15, 0.2) is 0 Å². The van der Waals surface area contributed by atoms with Crippen molar-refractivity contribution in [3.05, 3.63) is 71.8 Å². The van der Waals surface area contributed by atoms with Gasteiger partial charge in [-0.15, -0.1) is 0 Å². The normalized spacial score (nSPS) is 13.1. The van der Waals surface area contributed by atoms with E-state index in [0.29, 0.717) is 5.56 Å².